The van der Waals surface area contributed by atoms with Crippen LogP contribution in [0, 0.1) is 6.92 Å². The highest BCUT2D eigenvalue weighted by Gasteiger charge is 2.14. The van der Waals surface area contributed by atoms with Gasteiger partial charge in [0.25, 0.3) is 5.56 Å². The van der Waals surface area contributed by atoms with Gasteiger partial charge in [-0.3, -0.25) is 13.9 Å². The molecule has 0 spiro atoms. The van der Waals surface area contributed by atoms with Crippen molar-refractivity contribution in [2.24, 2.45) is 14.1 Å². The highest BCUT2D eigenvalue weighted by atomic mass is 16.3. The van der Waals surface area contributed by atoms with E-state index in [0.29, 0.717) is 30.8 Å². The molecule has 0 bridgehead atoms. The van der Waals surface area contributed by atoms with Gasteiger partial charge < -0.3 is 20.1 Å². The lowest BCUT2D eigenvalue weighted by molar-refractivity contribution is 0.174. The van der Waals surface area contributed by atoms with Crippen molar-refractivity contribution in [1.29, 1.82) is 0 Å². The van der Waals surface area contributed by atoms with Crippen molar-refractivity contribution in [3.8, 4) is 5.75 Å². The van der Waals surface area contributed by atoms with Gasteiger partial charge in [0, 0.05) is 27.2 Å². The summed E-state index contributed by atoms with van der Waals surface area (Å²) in [7, 11) is 3.05. The molecule has 1 unspecified atom stereocenters. The number of hydrogen-bond donors (Lipinski definition) is 3. The number of phenols is 1. The maximum Gasteiger partial charge on any atom is 0.332 e. The second kappa shape index (κ2) is 7.99. The summed E-state index contributed by atoms with van der Waals surface area (Å²) in [6.07, 6.45) is 1.62. The Kier molecular flexibility index (Phi) is 5.66. The molecule has 3 aromatic rings. The molecule has 1 atom stereocenters. The minimum atomic E-state index is -0.671. The molecule has 3 N–H and O–H groups in total. The SMILES string of the molecule is Cc1cc(C(O)CNCCCn2cnc3c2c(=O)n(C)c(=O)n3C)ccc1O. The third-order valence-electron chi connectivity index (χ3n) is 4.91. The third kappa shape index (κ3) is 3.71. The molecule has 0 saturated heterocycles. The highest BCUT2D eigenvalue weighted by Crippen LogP contribution is 2.21. The maximum absolute atomic E-state index is 12.4. The zero-order chi connectivity index (χ0) is 20.4. The van der Waals surface area contributed by atoms with E-state index < -0.39 is 11.8 Å². The number of aryl methyl sites for hydroxylation is 3. The number of aliphatic hydroxyl groups is 1. The number of benzene rings is 1. The molecule has 150 valence electrons. The van der Waals surface area contributed by atoms with Gasteiger partial charge in [-0.15, -0.1) is 0 Å². The monoisotopic (exact) mass is 387 g/mol. The van der Waals surface area contributed by atoms with Gasteiger partial charge in [0.05, 0.1) is 12.4 Å². The molecule has 0 amide bonds. The van der Waals surface area contributed by atoms with Crippen molar-refractivity contribution in [2.75, 3.05) is 13.1 Å². The molecular formula is C19H25N5O4. The van der Waals surface area contributed by atoms with E-state index >= 15 is 0 Å². The number of hydrogen-bond acceptors (Lipinski definition) is 6. The molecule has 0 aliphatic carbocycles. The van der Waals surface area contributed by atoms with Crippen molar-refractivity contribution in [3.05, 3.63) is 56.5 Å². The van der Waals surface area contributed by atoms with Gasteiger partial charge in [-0.25, -0.2) is 9.78 Å². The molecule has 0 aliphatic heterocycles. The second-order valence-electron chi connectivity index (χ2n) is 6.94. The summed E-state index contributed by atoms with van der Waals surface area (Å²) in [5.41, 5.74) is 1.49. The average Bonchev–Trinajstić information content (AvgIpc) is 3.10. The Morgan fingerprint density at radius 2 is 1.96 bits per heavy atom. The minimum absolute atomic E-state index is 0.208. The lowest BCUT2D eigenvalue weighted by Gasteiger charge is -2.13. The van der Waals surface area contributed by atoms with E-state index in [1.54, 1.807) is 43.1 Å². The van der Waals surface area contributed by atoms with Crippen LogP contribution in [0.1, 0.15) is 23.7 Å². The minimum Gasteiger partial charge on any atom is -0.508 e. The lowest BCUT2D eigenvalue weighted by atomic mass is 10.1. The lowest BCUT2D eigenvalue weighted by Crippen LogP contribution is -2.37. The van der Waals surface area contributed by atoms with Crippen LogP contribution in [0.5, 0.6) is 5.75 Å². The first kappa shape index (κ1) is 19.8. The number of nitrogens with one attached hydrogen (secondary N) is 1. The normalized spacial score (nSPS) is 12.6. The number of nitrogens with zero attached hydrogens (tertiary/aromatic N) is 4. The first-order valence-corrected chi connectivity index (χ1v) is 9.10. The Hall–Kier alpha value is -2.91. The van der Waals surface area contributed by atoms with Gasteiger partial charge in [-0.2, -0.15) is 0 Å². The second-order valence-corrected chi connectivity index (χ2v) is 6.94. The molecule has 2 heterocycles. The number of imidazole rings is 1. The summed E-state index contributed by atoms with van der Waals surface area (Å²) in [6.45, 7) is 3.37. The number of aliphatic hydroxyl groups excluding tert-OH is 1. The number of fused-ring (bicyclic) bond motifs is 1. The number of aromatic nitrogens is 4. The van der Waals surface area contributed by atoms with Crippen LogP contribution >= 0.6 is 0 Å². The molecule has 9 heteroatoms. The Bertz CT molecular complexity index is 1110. The zero-order valence-corrected chi connectivity index (χ0v) is 16.2. The molecule has 1 aromatic carbocycles. The van der Waals surface area contributed by atoms with Gasteiger partial charge in [0.15, 0.2) is 11.2 Å². The first-order valence-electron chi connectivity index (χ1n) is 9.10. The van der Waals surface area contributed by atoms with E-state index in [2.05, 4.69) is 10.3 Å². The maximum atomic E-state index is 12.4. The quantitative estimate of drug-likeness (QED) is 0.498. The van der Waals surface area contributed by atoms with Crippen molar-refractivity contribution in [1.82, 2.24) is 24.0 Å². The summed E-state index contributed by atoms with van der Waals surface area (Å²) in [5.74, 6) is 0.208. The predicted molar refractivity (Wildman–Crippen MR) is 106 cm³/mol. The Morgan fingerprint density at radius 3 is 2.68 bits per heavy atom. The molecule has 28 heavy (non-hydrogen) atoms. The van der Waals surface area contributed by atoms with Gasteiger partial charge >= 0.3 is 5.69 Å². The Balaban J connectivity index is 1.58. The summed E-state index contributed by atoms with van der Waals surface area (Å²) in [6, 6.07) is 5.04. The van der Waals surface area contributed by atoms with Crippen molar-refractivity contribution in [3.63, 3.8) is 0 Å². The molecule has 2 aromatic heterocycles. The van der Waals surface area contributed by atoms with Crippen LogP contribution in [-0.2, 0) is 20.6 Å². The molecule has 9 nitrogen and oxygen atoms in total. The van der Waals surface area contributed by atoms with Crippen LogP contribution in [0.2, 0.25) is 0 Å². The molecule has 0 fully saturated rings. The van der Waals surface area contributed by atoms with Crippen LogP contribution < -0.4 is 16.6 Å². The zero-order valence-electron chi connectivity index (χ0n) is 16.2. The van der Waals surface area contributed by atoms with Crippen LogP contribution in [0.3, 0.4) is 0 Å². The topological polar surface area (TPSA) is 114 Å². The fourth-order valence-electron chi connectivity index (χ4n) is 3.18. The van der Waals surface area contributed by atoms with E-state index in [-0.39, 0.29) is 11.3 Å². The smallest absolute Gasteiger partial charge is 0.332 e. The first-order chi connectivity index (χ1) is 13.3. The molecule has 0 radical (unpaired) electrons. The van der Waals surface area contributed by atoms with Crippen LogP contribution in [0.4, 0.5) is 0 Å². The number of aromatic hydroxyl groups is 1. The third-order valence-corrected chi connectivity index (χ3v) is 4.91. The summed E-state index contributed by atoms with van der Waals surface area (Å²) >= 11 is 0. The van der Waals surface area contributed by atoms with Crippen molar-refractivity contribution < 1.29 is 10.2 Å². The summed E-state index contributed by atoms with van der Waals surface area (Å²) in [5, 5.41) is 23.0. The largest absolute Gasteiger partial charge is 0.508 e. The Labute approximate surface area is 161 Å². The Morgan fingerprint density at radius 1 is 1.21 bits per heavy atom. The van der Waals surface area contributed by atoms with Gasteiger partial charge in [-0.05, 0) is 43.1 Å². The number of phenolic OH excluding ortho intramolecular Hbond substituents is 1. The van der Waals surface area contributed by atoms with Crippen LogP contribution in [-0.4, -0.2) is 42.0 Å². The molecule has 0 saturated carbocycles. The van der Waals surface area contributed by atoms with E-state index in [1.807, 2.05) is 0 Å². The van der Waals surface area contributed by atoms with Gasteiger partial charge in [0.1, 0.15) is 5.75 Å². The van der Waals surface area contributed by atoms with Crippen LogP contribution in [0.25, 0.3) is 11.2 Å². The van der Waals surface area contributed by atoms with E-state index in [1.165, 1.54) is 11.6 Å². The van der Waals surface area contributed by atoms with E-state index in [0.717, 1.165) is 22.1 Å². The van der Waals surface area contributed by atoms with E-state index in [9.17, 15) is 19.8 Å². The van der Waals surface area contributed by atoms with Crippen molar-refractivity contribution >= 4 is 11.2 Å². The molecular weight excluding hydrogens is 362 g/mol. The standard InChI is InChI=1S/C19H25N5O4/c1-12-9-13(5-6-14(12)25)15(26)10-20-7-4-8-24-11-21-17-16(24)18(27)23(3)19(28)22(17)2/h5-6,9,11,15,20,25-26H,4,7-8,10H2,1-3H3. The summed E-state index contributed by atoms with van der Waals surface area (Å²) < 4.78 is 4.19. The molecule has 3 rings (SSSR count). The molecule has 0 aliphatic rings. The number of rotatable bonds is 7. The predicted octanol–water partition coefficient (Wildman–Crippen LogP) is 0.161. The van der Waals surface area contributed by atoms with Crippen molar-refractivity contribution in [2.45, 2.75) is 26.0 Å². The summed E-state index contributed by atoms with van der Waals surface area (Å²) in [4.78, 5) is 28.5. The van der Waals surface area contributed by atoms with Crippen LogP contribution in [0.15, 0.2) is 34.1 Å². The fraction of sp³-hybridized carbons (Fsp3) is 0.421. The van der Waals surface area contributed by atoms with Gasteiger partial charge in [0.2, 0.25) is 0 Å². The van der Waals surface area contributed by atoms with E-state index in [4.69, 9.17) is 0 Å². The highest BCUT2D eigenvalue weighted by molar-refractivity contribution is 5.69. The average molecular weight is 387 g/mol. The van der Waals surface area contributed by atoms with Gasteiger partial charge in [-0.1, -0.05) is 6.07 Å². The fourth-order valence-corrected chi connectivity index (χ4v) is 3.18.